The first-order valence-corrected chi connectivity index (χ1v) is 22.7. The van der Waals surface area contributed by atoms with Crippen LogP contribution in [0.1, 0.15) is 87.5 Å². The van der Waals surface area contributed by atoms with Crippen molar-refractivity contribution in [2.24, 2.45) is 17.8 Å². The number of fused-ring (bicyclic) bond motifs is 1. The minimum Gasteiger partial charge on any atom is -0.458 e. The lowest BCUT2D eigenvalue weighted by Gasteiger charge is -2.47. The number of esters is 1. The van der Waals surface area contributed by atoms with Crippen LogP contribution in [0, 0.1) is 17.8 Å². The molecule has 5 heterocycles. The number of nitrogens with zero attached hydrogens (tertiary/aromatic N) is 5. The molecule has 4 fully saturated rings. The van der Waals surface area contributed by atoms with Crippen LogP contribution in [0.25, 0.3) is 11.3 Å². The maximum Gasteiger partial charge on any atom is 0.410 e. The number of aliphatic hydroxyl groups excluding tert-OH is 2. The van der Waals surface area contributed by atoms with E-state index in [2.05, 4.69) is 22.6 Å². The Morgan fingerprint density at radius 3 is 2.52 bits per heavy atom. The number of carbonyl (C=O) groups excluding carboxylic acids is 3. The number of unbranched alkanes of at least 4 members (excludes halogenated alkanes) is 1. The van der Waals surface area contributed by atoms with Crippen LogP contribution in [-0.4, -0.2) is 159 Å². The number of nitrogens with two attached hydrogens (primary N) is 1. The van der Waals surface area contributed by atoms with Gasteiger partial charge in [-0.25, -0.2) is 4.79 Å². The van der Waals surface area contributed by atoms with Gasteiger partial charge in [0.1, 0.15) is 30.0 Å². The number of nitrogens with one attached hydrogen (secondary N) is 1. The molecule has 5 N–H and O–H groups in total. The van der Waals surface area contributed by atoms with Crippen molar-refractivity contribution in [3.05, 3.63) is 30.5 Å². The number of ether oxygens (including phenoxy) is 6. The summed E-state index contributed by atoms with van der Waals surface area (Å²) < 4.78 is 39.2. The Labute approximate surface area is 371 Å². The predicted molar refractivity (Wildman–Crippen MR) is 232 cm³/mol. The van der Waals surface area contributed by atoms with Crippen LogP contribution in [0.15, 0.2) is 30.5 Å². The number of aromatic nitrogens is 3. The Bertz CT molecular complexity index is 1870. The number of hydrogen-bond donors (Lipinski definition) is 4. The summed E-state index contributed by atoms with van der Waals surface area (Å²) in [5.41, 5.74) is 5.85. The van der Waals surface area contributed by atoms with Crippen LogP contribution in [0.5, 0.6) is 0 Å². The van der Waals surface area contributed by atoms with Crippen LogP contribution in [-0.2, 0) is 44.6 Å². The van der Waals surface area contributed by atoms with Crippen molar-refractivity contribution in [2.45, 2.75) is 160 Å². The normalized spacial score (nSPS) is 37.6. The molecule has 6 rings (SSSR count). The number of ketones is 1. The number of anilines is 1. The maximum absolute atomic E-state index is 14.5. The molecule has 0 saturated carbocycles. The molecule has 1 amide bonds. The molecule has 0 bridgehead atoms. The third-order valence-electron chi connectivity index (χ3n) is 13.8. The quantitative estimate of drug-likeness (QED) is 0.104. The molecule has 4 aliphatic heterocycles. The number of nitrogen functional groups attached to an aromatic ring is 1. The summed E-state index contributed by atoms with van der Waals surface area (Å²) in [6.45, 7) is 16.9. The van der Waals surface area contributed by atoms with E-state index in [0.29, 0.717) is 70.6 Å². The maximum atomic E-state index is 14.5. The Morgan fingerprint density at radius 2 is 1.83 bits per heavy atom. The highest BCUT2D eigenvalue weighted by molar-refractivity contribution is 6.00. The van der Waals surface area contributed by atoms with Gasteiger partial charge in [0, 0.05) is 56.0 Å². The van der Waals surface area contributed by atoms with E-state index < -0.39 is 83.8 Å². The van der Waals surface area contributed by atoms with Gasteiger partial charge >= 0.3 is 12.1 Å². The van der Waals surface area contributed by atoms with E-state index in [1.54, 1.807) is 23.6 Å². The van der Waals surface area contributed by atoms with E-state index in [0.717, 1.165) is 11.3 Å². The lowest BCUT2D eigenvalue weighted by Crippen LogP contribution is -2.61. The fraction of sp³-hybridized carbons (Fsp3) is 0.756. The molecule has 14 atom stereocenters. The van der Waals surface area contributed by atoms with Gasteiger partial charge in [-0.15, -0.1) is 5.10 Å². The van der Waals surface area contributed by atoms with Crippen LogP contribution in [0.2, 0.25) is 0 Å². The molecule has 0 aliphatic carbocycles. The highest BCUT2D eigenvalue weighted by Gasteiger charge is 2.59. The molecule has 63 heavy (non-hydrogen) atoms. The lowest BCUT2D eigenvalue weighted by atomic mass is 9.78. The second-order valence-corrected chi connectivity index (χ2v) is 18.6. The molecule has 18 heteroatoms. The average Bonchev–Trinajstić information content (AvgIpc) is 4.00. The summed E-state index contributed by atoms with van der Waals surface area (Å²) in [4.78, 5) is 46.2. The zero-order valence-electron chi connectivity index (χ0n) is 38.5. The molecule has 2 aromatic rings. The number of benzene rings is 1. The number of aryl methyl sites for hydroxylation is 1. The number of carbonyl (C=O) groups is 3. The second kappa shape index (κ2) is 20.6. The van der Waals surface area contributed by atoms with E-state index in [1.165, 1.54) is 6.92 Å². The number of methoxy groups -OCH3 is 1. The molecule has 1 aromatic carbocycles. The summed E-state index contributed by atoms with van der Waals surface area (Å²) in [5.74, 6) is -3.37. The van der Waals surface area contributed by atoms with Crippen molar-refractivity contribution in [3.8, 4) is 11.3 Å². The van der Waals surface area contributed by atoms with Crippen molar-refractivity contribution in [1.82, 2.24) is 30.1 Å². The molecule has 0 radical (unpaired) electrons. The van der Waals surface area contributed by atoms with E-state index in [4.69, 9.17) is 34.2 Å². The van der Waals surface area contributed by atoms with Gasteiger partial charge in [0.25, 0.3) is 0 Å². The van der Waals surface area contributed by atoms with Crippen molar-refractivity contribution in [2.75, 3.05) is 45.7 Å². The van der Waals surface area contributed by atoms with Crippen LogP contribution in [0.4, 0.5) is 10.5 Å². The summed E-state index contributed by atoms with van der Waals surface area (Å²) in [6, 6.07) is 6.17. The van der Waals surface area contributed by atoms with Crippen molar-refractivity contribution >= 4 is 23.5 Å². The zero-order valence-corrected chi connectivity index (χ0v) is 38.5. The first kappa shape index (κ1) is 48.7. The van der Waals surface area contributed by atoms with Crippen molar-refractivity contribution < 1.29 is 53.0 Å². The Balaban J connectivity index is 1.22. The fourth-order valence-corrected chi connectivity index (χ4v) is 10.3. The third-order valence-corrected chi connectivity index (χ3v) is 13.8. The van der Waals surface area contributed by atoms with Crippen molar-refractivity contribution in [3.63, 3.8) is 0 Å². The largest absolute Gasteiger partial charge is 0.458 e. The van der Waals surface area contributed by atoms with Gasteiger partial charge in [-0.2, -0.15) is 0 Å². The SMILES string of the molecule is CC[C@H]1OC(=O)[C@H](C)C(=O)[C@H](C)[C@@H](O[C@@H]2O[C@H](C)CC(N3CCOC3CO)C2O)[C@](C)(OC)C[C@@H](C)CN[C@H](C)[C@H]2N(CCCCn3cc(-c4cccc(N)c4)nn3)C(=O)O[C@]12C. The molecule has 3 unspecified atom stereocenters. The molecular formula is C45H71N7O11. The molecule has 1 aromatic heterocycles. The summed E-state index contributed by atoms with van der Waals surface area (Å²) in [6.07, 6.45) is -1.10. The van der Waals surface area contributed by atoms with Gasteiger partial charge in [-0.05, 0) is 91.3 Å². The molecular weight excluding hydrogens is 815 g/mol. The highest BCUT2D eigenvalue weighted by Crippen LogP contribution is 2.40. The third kappa shape index (κ3) is 10.5. The van der Waals surface area contributed by atoms with Gasteiger partial charge < -0.3 is 49.7 Å². The molecule has 4 aliphatic rings. The Kier molecular flexibility index (Phi) is 15.9. The minimum absolute atomic E-state index is 0.0539. The van der Waals surface area contributed by atoms with E-state index in [1.807, 2.05) is 70.0 Å². The average molecular weight is 886 g/mol. The van der Waals surface area contributed by atoms with Gasteiger partial charge in [0.05, 0.1) is 43.3 Å². The topological polar surface area (TPSA) is 222 Å². The van der Waals surface area contributed by atoms with Gasteiger partial charge in [-0.1, -0.05) is 38.1 Å². The second-order valence-electron chi connectivity index (χ2n) is 18.6. The van der Waals surface area contributed by atoms with E-state index in [-0.39, 0.29) is 24.7 Å². The number of Topliss-reactive ketones (excluding diaryl/α,β-unsaturated/α-hetero) is 1. The molecule has 352 valence electrons. The Morgan fingerprint density at radius 1 is 1.08 bits per heavy atom. The number of rotatable bonds is 12. The van der Waals surface area contributed by atoms with E-state index in [9.17, 15) is 24.6 Å². The summed E-state index contributed by atoms with van der Waals surface area (Å²) in [7, 11) is 1.57. The summed E-state index contributed by atoms with van der Waals surface area (Å²) >= 11 is 0. The van der Waals surface area contributed by atoms with Crippen molar-refractivity contribution in [1.29, 1.82) is 0 Å². The fourth-order valence-electron chi connectivity index (χ4n) is 10.3. The monoisotopic (exact) mass is 886 g/mol. The minimum atomic E-state index is -1.26. The first-order valence-electron chi connectivity index (χ1n) is 22.7. The van der Waals surface area contributed by atoms with Crippen LogP contribution in [0.3, 0.4) is 0 Å². The van der Waals surface area contributed by atoms with Gasteiger partial charge in [-0.3, -0.25) is 24.1 Å². The lowest BCUT2D eigenvalue weighted by molar-refractivity contribution is -0.299. The summed E-state index contributed by atoms with van der Waals surface area (Å²) in [5, 5.41) is 34.1. The zero-order chi connectivity index (χ0) is 45.8. The number of hydrogen-bond acceptors (Lipinski definition) is 16. The van der Waals surface area contributed by atoms with Crippen LogP contribution < -0.4 is 11.1 Å². The Hall–Kier alpha value is -3.75. The first-order chi connectivity index (χ1) is 29.9. The number of cyclic esters (lactones) is 1. The number of aliphatic hydroxyl groups is 2. The van der Waals surface area contributed by atoms with E-state index >= 15 is 0 Å². The molecule has 18 nitrogen and oxygen atoms in total. The molecule has 0 spiro atoms. The standard InChI is InChI=1S/C45H71N7O11/c1-10-35-45(8)39(52(43(57)63-45)17-12-11-16-50-24-33(48-49-50)31-14-13-15-32(46)21-31)30(6)47-23-26(2)22-44(7,58-9)40(28(4)37(54)29(5)41(56)61-35)62-42-38(55)34(20-27(3)60-42)51-18-19-59-36(51)25-53/h13-15,21,24,26-30,34-36,38-40,42,47,53,55H,10-12,16-20,22-23,25,46H2,1-9H3/t26-,27-,28+,29-,30-,34?,35-,36?,38?,39-,40-,42+,44-,45-/m1/s1. The number of amides is 1. The smallest absolute Gasteiger partial charge is 0.410 e. The highest BCUT2D eigenvalue weighted by atomic mass is 16.7. The van der Waals surface area contributed by atoms with Gasteiger partial charge in [0.15, 0.2) is 17.7 Å². The predicted octanol–water partition coefficient (Wildman–Crippen LogP) is 3.37. The molecule has 4 saturated heterocycles. The van der Waals surface area contributed by atoms with Gasteiger partial charge in [0.2, 0.25) is 0 Å². The van der Waals surface area contributed by atoms with Crippen LogP contribution >= 0.6 is 0 Å².